The highest BCUT2D eigenvalue weighted by molar-refractivity contribution is 5.62. The summed E-state index contributed by atoms with van der Waals surface area (Å²) in [4.78, 5) is 4.87. The fourth-order valence-electron chi connectivity index (χ4n) is 0.401. The Hall–Kier alpha value is -0.570. The lowest BCUT2D eigenvalue weighted by molar-refractivity contribution is 0.142. The maximum Gasteiger partial charge on any atom is 0.117 e. The van der Waals surface area contributed by atoms with Gasteiger partial charge in [-0.15, -0.1) is 0 Å². The van der Waals surface area contributed by atoms with Crippen molar-refractivity contribution in [1.82, 2.24) is 0 Å². The molecule has 0 saturated heterocycles. The summed E-state index contributed by atoms with van der Waals surface area (Å²) in [7, 11) is 0. The van der Waals surface area contributed by atoms with E-state index < -0.39 is 0 Å². The maximum atomic E-state index is 5.38. The Labute approximate surface area is 62.2 Å². The van der Waals surface area contributed by atoms with Crippen LogP contribution in [0.3, 0.4) is 0 Å². The predicted octanol–water partition coefficient (Wildman–Crippen LogP) is 1.14. The van der Waals surface area contributed by atoms with Crippen LogP contribution in [0.1, 0.15) is 26.7 Å². The van der Waals surface area contributed by atoms with Gasteiger partial charge < -0.3 is 10.6 Å². The molecule has 2 N–H and O–H groups in total. The number of hydrogen-bond donors (Lipinski definition) is 1. The van der Waals surface area contributed by atoms with E-state index in [0.29, 0.717) is 6.61 Å². The molecule has 0 aliphatic carbocycles. The Morgan fingerprint density at radius 3 is 2.90 bits per heavy atom. The molecular formula is C7H16N2O. The quantitative estimate of drug-likeness (QED) is 0.357. The van der Waals surface area contributed by atoms with Gasteiger partial charge in [0.15, 0.2) is 0 Å². The molecule has 1 atom stereocenters. The molecule has 0 bridgehead atoms. The zero-order valence-corrected chi connectivity index (χ0v) is 6.71. The molecule has 60 valence electrons. The van der Waals surface area contributed by atoms with Gasteiger partial charge in [-0.2, -0.15) is 0 Å². The standard InChI is InChI=1S/C7H16N2O/c1-3-4-5-10-9-6-7(2)8/h6-7H,3-5,8H2,1-2H3/b9-6+. The first-order valence-corrected chi connectivity index (χ1v) is 3.68. The summed E-state index contributed by atoms with van der Waals surface area (Å²) < 4.78 is 0. The molecule has 3 nitrogen and oxygen atoms in total. The minimum absolute atomic E-state index is 0.0124. The number of unbranched alkanes of at least 4 members (excludes halogenated alkanes) is 1. The SMILES string of the molecule is CCCCO/N=C/C(C)N. The van der Waals surface area contributed by atoms with Crippen LogP contribution in [0.15, 0.2) is 5.16 Å². The van der Waals surface area contributed by atoms with E-state index >= 15 is 0 Å². The Bertz CT molecular complexity index is 91.6. The van der Waals surface area contributed by atoms with Crippen molar-refractivity contribution in [1.29, 1.82) is 0 Å². The lowest BCUT2D eigenvalue weighted by Gasteiger charge is -1.96. The molecule has 0 aromatic carbocycles. The summed E-state index contributed by atoms with van der Waals surface area (Å²) in [5.41, 5.74) is 5.38. The van der Waals surface area contributed by atoms with E-state index in [1.54, 1.807) is 6.21 Å². The minimum atomic E-state index is -0.0124. The molecular weight excluding hydrogens is 128 g/mol. The Kier molecular flexibility index (Phi) is 6.18. The van der Waals surface area contributed by atoms with Gasteiger partial charge in [0.1, 0.15) is 6.61 Å². The van der Waals surface area contributed by atoms with Crippen LogP contribution >= 0.6 is 0 Å². The van der Waals surface area contributed by atoms with E-state index in [1.807, 2.05) is 6.92 Å². The van der Waals surface area contributed by atoms with E-state index in [-0.39, 0.29) is 6.04 Å². The third-order valence-electron chi connectivity index (χ3n) is 0.960. The molecule has 0 saturated carbocycles. The van der Waals surface area contributed by atoms with E-state index in [2.05, 4.69) is 12.1 Å². The molecule has 0 aromatic heterocycles. The van der Waals surface area contributed by atoms with Crippen LogP contribution in [0.25, 0.3) is 0 Å². The van der Waals surface area contributed by atoms with Crippen molar-refractivity contribution >= 4 is 6.21 Å². The van der Waals surface area contributed by atoms with E-state index in [0.717, 1.165) is 12.8 Å². The van der Waals surface area contributed by atoms with Gasteiger partial charge in [0.2, 0.25) is 0 Å². The summed E-state index contributed by atoms with van der Waals surface area (Å²) in [6, 6.07) is -0.0124. The predicted molar refractivity (Wildman–Crippen MR) is 43.0 cm³/mol. The van der Waals surface area contributed by atoms with E-state index in [9.17, 15) is 0 Å². The summed E-state index contributed by atoms with van der Waals surface area (Å²) in [6.07, 6.45) is 3.78. The third-order valence-corrected chi connectivity index (χ3v) is 0.960. The molecule has 0 aliphatic heterocycles. The molecule has 0 amide bonds. The van der Waals surface area contributed by atoms with E-state index in [1.165, 1.54) is 0 Å². The van der Waals surface area contributed by atoms with Gasteiger partial charge in [-0.05, 0) is 13.3 Å². The van der Waals surface area contributed by atoms with Crippen LogP contribution in [-0.4, -0.2) is 18.9 Å². The first kappa shape index (κ1) is 9.43. The van der Waals surface area contributed by atoms with Crippen molar-refractivity contribution in [2.75, 3.05) is 6.61 Å². The number of rotatable bonds is 5. The fraction of sp³-hybridized carbons (Fsp3) is 0.857. The molecule has 0 radical (unpaired) electrons. The van der Waals surface area contributed by atoms with Crippen molar-refractivity contribution in [2.45, 2.75) is 32.7 Å². The zero-order chi connectivity index (χ0) is 7.82. The number of nitrogens with zero attached hydrogens (tertiary/aromatic N) is 1. The number of hydrogen-bond acceptors (Lipinski definition) is 3. The first-order chi connectivity index (χ1) is 4.77. The molecule has 0 heterocycles. The summed E-state index contributed by atoms with van der Waals surface area (Å²) in [6.45, 7) is 4.66. The monoisotopic (exact) mass is 144 g/mol. The van der Waals surface area contributed by atoms with Crippen LogP contribution in [0.5, 0.6) is 0 Å². The Balaban J connectivity index is 3.02. The van der Waals surface area contributed by atoms with Crippen molar-refractivity contribution in [3.05, 3.63) is 0 Å². The molecule has 0 spiro atoms. The summed E-state index contributed by atoms with van der Waals surface area (Å²) >= 11 is 0. The Morgan fingerprint density at radius 2 is 2.40 bits per heavy atom. The maximum absolute atomic E-state index is 5.38. The fourth-order valence-corrected chi connectivity index (χ4v) is 0.401. The molecule has 3 heteroatoms. The minimum Gasteiger partial charge on any atom is -0.396 e. The van der Waals surface area contributed by atoms with Crippen molar-refractivity contribution in [2.24, 2.45) is 10.9 Å². The highest BCUT2D eigenvalue weighted by atomic mass is 16.6. The van der Waals surface area contributed by atoms with Crippen LogP contribution in [0, 0.1) is 0 Å². The van der Waals surface area contributed by atoms with Gasteiger partial charge >= 0.3 is 0 Å². The summed E-state index contributed by atoms with van der Waals surface area (Å²) in [5.74, 6) is 0. The van der Waals surface area contributed by atoms with Gasteiger partial charge in [0.25, 0.3) is 0 Å². The molecule has 0 fully saturated rings. The van der Waals surface area contributed by atoms with Gasteiger partial charge in [0.05, 0.1) is 6.21 Å². The Morgan fingerprint density at radius 1 is 1.70 bits per heavy atom. The second kappa shape index (κ2) is 6.55. The average Bonchev–Trinajstić information content (AvgIpc) is 1.87. The molecule has 0 aromatic rings. The van der Waals surface area contributed by atoms with Gasteiger partial charge in [0, 0.05) is 6.04 Å². The molecule has 10 heavy (non-hydrogen) atoms. The van der Waals surface area contributed by atoms with Crippen molar-refractivity contribution < 1.29 is 4.84 Å². The van der Waals surface area contributed by atoms with Gasteiger partial charge in [-0.1, -0.05) is 18.5 Å². The molecule has 0 rings (SSSR count). The largest absolute Gasteiger partial charge is 0.396 e. The van der Waals surface area contributed by atoms with Gasteiger partial charge in [-0.25, -0.2) is 0 Å². The second-order valence-corrected chi connectivity index (χ2v) is 2.30. The zero-order valence-electron chi connectivity index (χ0n) is 6.71. The van der Waals surface area contributed by atoms with Crippen LogP contribution in [0.4, 0.5) is 0 Å². The topological polar surface area (TPSA) is 47.6 Å². The van der Waals surface area contributed by atoms with Crippen LogP contribution < -0.4 is 5.73 Å². The third kappa shape index (κ3) is 7.43. The van der Waals surface area contributed by atoms with Crippen molar-refractivity contribution in [3.63, 3.8) is 0 Å². The molecule has 1 unspecified atom stereocenters. The first-order valence-electron chi connectivity index (χ1n) is 3.68. The summed E-state index contributed by atoms with van der Waals surface area (Å²) in [5, 5.41) is 3.66. The smallest absolute Gasteiger partial charge is 0.117 e. The van der Waals surface area contributed by atoms with Gasteiger partial charge in [-0.3, -0.25) is 0 Å². The normalized spacial score (nSPS) is 13.9. The highest BCUT2D eigenvalue weighted by Crippen LogP contribution is 1.87. The second-order valence-electron chi connectivity index (χ2n) is 2.30. The highest BCUT2D eigenvalue weighted by Gasteiger charge is 1.84. The number of nitrogens with two attached hydrogens (primary N) is 1. The van der Waals surface area contributed by atoms with E-state index in [4.69, 9.17) is 10.6 Å². The average molecular weight is 144 g/mol. The van der Waals surface area contributed by atoms with Crippen LogP contribution in [0.2, 0.25) is 0 Å². The molecule has 0 aliphatic rings. The lowest BCUT2D eigenvalue weighted by atomic mass is 10.4. The number of oxime groups is 1. The van der Waals surface area contributed by atoms with Crippen molar-refractivity contribution in [3.8, 4) is 0 Å². The lowest BCUT2D eigenvalue weighted by Crippen LogP contribution is -2.16. The van der Waals surface area contributed by atoms with Crippen LogP contribution in [-0.2, 0) is 4.84 Å².